The van der Waals surface area contributed by atoms with Crippen molar-refractivity contribution in [2.75, 3.05) is 11.4 Å². The minimum Gasteiger partial charge on any atom is -0.508 e. The van der Waals surface area contributed by atoms with Crippen molar-refractivity contribution >= 4 is 44.2 Å². The lowest BCUT2D eigenvalue weighted by Crippen LogP contribution is -2.53. The molecular formula is C27H28BrN3O3. The van der Waals surface area contributed by atoms with Crippen LogP contribution >= 0.6 is 15.9 Å². The number of nitrogens with zero attached hydrogens (tertiary/aromatic N) is 1. The van der Waals surface area contributed by atoms with Gasteiger partial charge in [0.15, 0.2) is 0 Å². The number of aromatic hydroxyl groups is 1. The number of hydrogen-bond donors (Lipinski definition) is 3. The first-order valence-corrected chi connectivity index (χ1v) is 12.4. The first-order valence-electron chi connectivity index (χ1n) is 11.6. The van der Waals surface area contributed by atoms with Gasteiger partial charge < -0.3 is 15.7 Å². The minimum atomic E-state index is -0.674. The van der Waals surface area contributed by atoms with E-state index in [1.54, 1.807) is 17.0 Å². The number of aryl methyl sites for hydroxylation is 1. The summed E-state index contributed by atoms with van der Waals surface area (Å²) in [6.45, 7) is 4.72. The first-order chi connectivity index (χ1) is 16.4. The summed E-state index contributed by atoms with van der Waals surface area (Å²) in [7, 11) is 0. The maximum atomic E-state index is 13.8. The summed E-state index contributed by atoms with van der Waals surface area (Å²) in [5.74, 6) is -0.281. The molecule has 0 unspecified atom stereocenters. The molecular weight excluding hydrogens is 494 g/mol. The second kappa shape index (κ2) is 10.5. The lowest BCUT2D eigenvalue weighted by molar-refractivity contribution is -0.129. The molecule has 0 spiro atoms. The van der Waals surface area contributed by atoms with E-state index in [1.807, 2.05) is 44.2 Å². The fourth-order valence-electron chi connectivity index (χ4n) is 4.49. The van der Waals surface area contributed by atoms with Gasteiger partial charge >= 0.3 is 0 Å². The predicted octanol–water partition coefficient (Wildman–Crippen LogP) is 4.26. The number of hydrogen-bond acceptors (Lipinski definition) is 4. The molecule has 3 aromatic carbocycles. The van der Waals surface area contributed by atoms with Gasteiger partial charge in [-0.1, -0.05) is 48.0 Å². The van der Waals surface area contributed by atoms with Gasteiger partial charge in [0.05, 0.1) is 18.3 Å². The molecule has 7 heteroatoms. The summed E-state index contributed by atoms with van der Waals surface area (Å²) in [5.41, 5.74) is 2.24. The molecule has 0 saturated heterocycles. The highest BCUT2D eigenvalue weighted by Crippen LogP contribution is 2.33. The number of carbonyl (C=O) groups is 2. The van der Waals surface area contributed by atoms with Gasteiger partial charge in [0.1, 0.15) is 11.8 Å². The lowest BCUT2D eigenvalue weighted by atomic mass is 10.0. The molecule has 2 amide bonds. The highest BCUT2D eigenvalue weighted by Gasteiger charge is 2.33. The summed E-state index contributed by atoms with van der Waals surface area (Å²) >= 11 is 3.49. The molecule has 1 aliphatic heterocycles. The number of amides is 2. The summed E-state index contributed by atoms with van der Waals surface area (Å²) in [6.07, 6.45) is 1.75. The molecule has 0 aromatic heterocycles. The zero-order valence-corrected chi connectivity index (χ0v) is 20.9. The number of anilines is 1. The Hall–Kier alpha value is -3.08. The van der Waals surface area contributed by atoms with Crippen LogP contribution in [-0.2, 0) is 22.6 Å². The molecule has 4 rings (SSSR count). The van der Waals surface area contributed by atoms with Gasteiger partial charge in [-0.05, 0) is 78.5 Å². The molecule has 34 heavy (non-hydrogen) atoms. The van der Waals surface area contributed by atoms with Crippen LogP contribution in [0.5, 0.6) is 5.75 Å². The van der Waals surface area contributed by atoms with Crippen LogP contribution in [0.3, 0.4) is 0 Å². The second-order valence-corrected chi connectivity index (χ2v) is 9.36. The zero-order chi connectivity index (χ0) is 24.2. The molecule has 0 fully saturated rings. The zero-order valence-electron chi connectivity index (χ0n) is 19.3. The van der Waals surface area contributed by atoms with E-state index in [2.05, 4.69) is 38.7 Å². The number of benzene rings is 2. The molecule has 1 aliphatic rings. The van der Waals surface area contributed by atoms with Crippen LogP contribution in [0.25, 0.3) is 10.8 Å². The maximum Gasteiger partial charge on any atom is 0.250 e. The molecule has 0 bridgehead atoms. The van der Waals surface area contributed by atoms with Gasteiger partial charge in [-0.15, -0.1) is 0 Å². The van der Waals surface area contributed by atoms with Crippen molar-refractivity contribution in [2.24, 2.45) is 0 Å². The predicted molar refractivity (Wildman–Crippen MR) is 137 cm³/mol. The quantitative estimate of drug-likeness (QED) is 0.433. The molecule has 1 heterocycles. The smallest absolute Gasteiger partial charge is 0.250 e. The number of phenolic OH excluding ortho intramolecular Hbond substituents is 1. The van der Waals surface area contributed by atoms with E-state index in [-0.39, 0.29) is 30.2 Å². The Morgan fingerprint density at radius 2 is 2.09 bits per heavy atom. The van der Waals surface area contributed by atoms with Crippen molar-refractivity contribution in [1.82, 2.24) is 10.6 Å². The van der Waals surface area contributed by atoms with Gasteiger partial charge in [-0.25, -0.2) is 0 Å². The summed E-state index contributed by atoms with van der Waals surface area (Å²) in [4.78, 5) is 28.3. The van der Waals surface area contributed by atoms with Crippen molar-refractivity contribution in [2.45, 2.75) is 51.7 Å². The number of halogens is 1. The van der Waals surface area contributed by atoms with Crippen molar-refractivity contribution in [3.63, 3.8) is 0 Å². The van der Waals surface area contributed by atoms with Gasteiger partial charge in [-0.3, -0.25) is 14.5 Å². The van der Waals surface area contributed by atoms with Crippen LogP contribution in [0.1, 0.15) is 37.8 Å². The van der Waals surface area contributed by atoms with Crippen molar-refractivity contribution in [3.05, 3.63) is 70.2 Å². The highest BCUT2D eigenvalue weighted by atomic mass is 79.9. The van der Waals surface area contributed by atoms with E-state index in [0.29, 0.717) is 37.1 Å². The number of carbonyl (C=O) groups excluding carboxylic acids is 2. The number of likely N-dealkylation sites (N-methyl/N-ethyl adjacent to an activating group) is 1. The van der Waals surface area contributed by atoms with Crippen LogP contribution in [0, 0.1) is 12.1 Å². The standard InChI is InChI=1S/C27H28BrN3O3/c1-3-22(29-4-2)26(33)30-23-13-9-17-7-5-6-8-24(17)31(27(23)34)16-21-20-12-11-19(28)15-18(20)10-14-25(21)32/h5,7,10-12,14-15,22-23,29,32H,3-4,9,13,16H2,1-2H3,(H,30,33)/t22-,23-/m0/s1. The molecule has 0 radical (unpaired) electrons. The fraction of sp³-hybridized carbons (Fsp3) is 0.333. The highest BCUT2D eigenvalue weighted by molar-refractivity contribution is 9.10. The lowest BCUT2D eigenvalue weighted by Gasteiger charge is -2.27. The fourth-order valence-corrected chi connectivity index (χ4v) is 4.86. The van der Waals surface area contributed by atoms with Crippen molar-refractivity contribution in [1.29, 1.82) is 0 Å². The number of nitrogens with one attached hydrogen (secondary N) is 2. The van der Waals surface area contributed by atoms with Gasteiger partial charge in [0.25, 0.3) is 0 Å². The van der Waals surface area contributed by atoms with Crippen molar-refractivity contribution in [3.8, 4) is 5.75 Å². The number of rotatable bonds is 7. The Morgan fingerprint density at radius 3 is 2.85 bits per heavy atom. The van der Waals surface area contributed by atoms with Gasteiger partial charge in [-0.2, -0.15) is 0 Å². The van der Waals surface area contributed by atoms with E-state index in [1.165, 1.54) is 0 Å². The average Bonchev–Trinajstić information content (AvgIpc) is 2.96. The molecule has 3 aromatic rings. The van der Waals surface area contributed by atoms with Crippen LogP contribution in [-0.4, -0.2) is 35.5 Å². The third kappa shape index (κ3) is 4.89. The second-order valence-electron chi connectivity index (χ2n) is 8.45. The number of phenols is 1. The summed E-state index contributed by atoms with van der Waals surface area (Å²) in [5, 5.41) is 18.7. The van der Waals surface area contributed by atoms with E-state index < -0.39 is 6.04 Å². The molecule has 2 atom stereocenters. The van der Waals surface area contributed by atoms with Gasteiger partial charge in [0, 0.05) is 10.0 Å². The van der Waals surface area contributed by atoms with Crippen molar-refractivity contribution < 1.29 is 14.7 Å². The van der Waals surface area contributed by atoms with E-state index in [9.17, 15) is 14.7 Å². The normalized spacial score (nSPS) is 16.5. The molecule has 3 N–H and O–H groups in total. The Kier molecular flexibility index (Phi) is 7.40. The SMILES string of the molecule is CCN[C@@H](CC)C(=O)N[C@H]1CCc2ccc#cc2N(Cc2c(O)ccc3cc(Br)ccc23)C1=O. The monoisotopic (exact) mass is 521 g/mol. The topological polar surface area (TPSA) is 81.7 Å². The summed E-state index contributed by atoms with van der Waals surface area (Å²) < 4.78 is 0.935. The molecule has 176 valence electrons. The third-order valence-corrected chi connectivity index (χ3v) is 6.77. The molecule has 0 saturated carbocycles. The van der Waals surface area contributed by atoms with Crippen LogP contribution in [0.2, 0.25) is 0 Å². The van der Waals surface area contributed by atoms with Crippen LogP contribution < -0.4 is 15.5 Å². The van der Waals surface area contributed by atoms with E-state index in [0.717, 1.165) is 20.8 Å². The van der Waals surface area contributed by atoms with Crippen LogP contribution in [0.4, 0.5) is 5.69 Å². The largest absolute Gasteiger partial charge is 0.508 e. The number of fused-ring (bicyclic) bond motifs is 2. The maximum absolute atomic E-state index is 13.8. The Labute approximate surface area is 208 Å². The summed E-state index contributed by atoms with van der Waals surface area (Å²) in [6, 6.07) is 18.1. The van der Waals surface area contributed by atoms with E-state index >= 15 is 0 Å². The minimum absolute atomic E-state index is 0.118. The Morgan fingerprint density at radius 1 is 1.26 bits per heavy atom. The van der Waals surface area contributed by atoms with Gasteiger partial charge in [0.2, 0.25) is 11.8 Å². The Balaban J connectivity index is 1.71. The first kappa shape index (κ1) is 24.1. The Bertz CT molecular complexity index is 1210. The molecule has 6 nitrogen and oxygen atoms in total. The third-order valence-electron chi connectivity index (χ3n) is 6.28. The average molecular weight is 522 g/mol. The molecule has 0 aliphatic carbocycles. The van der Waals surface area contributed by atoms with Crippen LogP contribution in [0.15, 0.2) is 46.9 Å². The van der Waals surface area contributed by atoms with E-state index in [4.69, 9.17) is 0 Å².